The van der Waals surface area contributed by atoms with Gasteiger partial charge in [-0.05, 0) is 12.5 Å². The van der Waals surface area contributed by atoms with Gasteiger partial charge in [-0.2, -0.15) is 0 Å². The topological polar surface area (TPSA) is 38.3 Å². The third-order valence-corrected chi connectivity index (χ3v) is 1.22. The number of amides is 1. The molecule has 1 N–H and O–H groups in total. The Morgan fingerprint density at radius 2 is 2.45 bits per heavy atom. The highest BCUT2D eigenvalue weighted by molar-refractivity contribution is 6.17. The zero-order valence-electron chi connectivity index (χ0n) is 6.31. The molecule has 0 spiro atoms. The minimum atomic E-state index is -0.226. The molecular formula is C7H12ClNO2. The highest BCUT2D eigenvalue weighted by Crippen LogP contribution is 1.84. The molecule has 3 nitrogen and oxygen atoms in total. The second-order valence-electron chi connectivity index (χ2n) is 1.84. The predicted octanol–water partition coefficient (Wildman–Crippen LogP) is 0.892. The van der Waals surface area contributed by atoms with Crippen LogP contribution >= 0.6 is 11.6 Å². The van der Waals surface area contributed by atoms with Crippen LogP contribution in [0.1, 0.15) is 6.42 Å². The largest absolute Gasteiger partial charge is 0.361 e. The van der Waals surface area contributed by atoms with Gasteiger partial charge in [-0.1, -0.05) is 6.58 Å². The second-order valence-corrected chi connectivity index (χ2v) is 2.22. The van der Waals surface area contributed by atoms with E-state index >= 15 is 0 Å². The molecular weight excluding hydrogens is 166 g/mol. The first-order chi connectivity index (χ1) is 5.31. The number of alkyl halides is 1. The van der Waals surface area contributed by atoms with Gasteiger partial charge >= 0.3 is 0 Å². The number of nitrogens with one attached hydrogen (secondary N) is 1. The minimum absolute atomic E-state index is 0.224. The van der Waals surface area contributed by atoms with Crippen LogP contribution in [-0.2, 0) is 9.53 Å². The number of carbonyl (C=O) groups is 1. The first-order valence-electron chi connectivity index (χ1n) is 3.35. The molecule has 0 aliphatic heterocycles. The molecule has 0 rings (SSSR count). The van der Waals surface area contributed by atoms with E-state index in [-0.39, 0.29) is 12.6 Å². The highest BCUT2D eigenvalue weighted by atomic mass is 35.5. The zero-order chi connectivity index (χ0) is 8.53. The lowest BCUT2D eigenvalue weighted by atomic mass is 10.5. The summed E-state index contributed by atoms with van der Waals surface area (Å²) in [4.78, 5) is 10.5. The van der Waals surface area contributed by atoms with Crippen LogP contribution in [-0.4, -0.2) is 25.1 Å². The molecule has 0 fully saturated rings. The second kappa shape index (κ2) is 7.57. The van der Waals surface area contributed by atoms with E-state index in [1.165, 1.54) is 6.08 Å². The van der Waals surface area contributed by atoms with Crippen LogP contribution in [0.2, 0.25) is 0 Å². The van der Waals surface area contributed by atoms with Crippen LogP contribution in [0.25, 0.3) is 0 Å². The standard InChI is InChI=1S/C7H12ClNO2/c1-2-7(10)9-6-11-5-3-4-8/h2H,1,3-6H2,(H,9,10). The molecule has 0 heterocycles. The van der Waals surface area contributed by atoms with Crippen molar-refractivity contribution in [2.24, 2.45) is 0 Å². The summed E-state index contributed by atoms with van der Waals surface area (Å²) in [6, 6.07) is 0. The lowest BCUT2D eigenvalue weighted by Crippen LogP contribution is -2.24. The summed E-state index contributed by atoms with van der Waals surface area (Å²) < 4.78 is 4.98. The van der Waals surface area contributed by atoms with Crippen LogP contribution in [0.5, 0.6) is 0 Å². The third-order valence-electron chi connectivity index (χ3n) is 0.956. The average molecular weight is 178 g/mol. The van der Waals surface area contributed by atoms with Crippen LogP contribution in [0, 0.1) is 0 Å². The maximum absolute atomic E-state index is 10.5. The number of carbonyl (C=O) groups excluding carboxylic acids is 1. The van der Waals surface area contributed by atoms with E-state index in [2.05, 4.69) is 11.9 Å². The summed E-state index contributed by atoms with van der Waals surface area (Å²) in [5.74, 6) is 0.353. The highest BCUT2D eigenvalue weighted by Gasteiger charge is 1.91. The van der Waals surface area contributed by atoms with Gasteiger partial charge in [0.2, 0.25) is 5.91 Å². The average Bonchev–Trinajstić information content (AvgIpc) is 2.04. The summed E-state index contributed by atoms with van der Waals surface area (Å²) in [6.45, 7) is 4.08. The van der Waals surface area contributed by atoms with Gasteiger partial charge in [0.1, 0.15) is 6.73 Å². The van der Waals surface area contributed by atoms with Gasteiger partial charge in [-0.15, -0.1) is 11.6 Å². The fourth-order valence-corrected chi connectivity index (χ4v) is 0.532. The van der Waals surface area contributed by atoms with Crippen molar-refractivity contribution in [3.8, 4) is 0 Å². The van der Waals surface area contributed by atoms with E-state index in [4.69, 9.17) is 16.3 Å². The van der Waals surface area contributed by atoms with Crippen molar-refractivity contribution < 1.29 is 9.53 Å². The Kier molecular flexibility index (Phi) is 7.19. The molecule has 0 aromatic carbocycles. The fourth-order valence-electron chi connectivity index (χ4n) is 0.423. The van der Waals surface area contributed by atoms with Gasteiger partial charge in [-0.25, -0.2) is 0 Å². The van der Waals surface area contributed by atoms with Gasteiger partial charge in [0.15, 0.2) is 0 Å². The van der Waals surface area contributed by atoms with E-state index in [0.717, 1.165) is 6.42 Å². The maximum atomic E-state index is 10.5. The first-order valence-corrected chi connectivity index (χ1v) is 3.88. The van der Waals surface area contributed by atoms with Crippen molar-refractivity contribution in [3.05, 3.63) is 12.7 Å². The molecule has 0 aliphatic rings. The SMILES string of the molecule is C=CC(=O)NCOCCCCl. The van der Waals surface area contributed by atoms with E-state index in [1.807, 2.05) is 0 Å². The van der Waals surface area contributed by atoms with Crippen molar-refractivity contribution in [2.45, 2.75) is 6.42 Å². The van der Waals surface area contributed by atoms with Gasteiger partial charge in [0.25, 0.3) is 0 Å². The molecule has 0 bridgehead atoms. The van der Waals surface area contributed by atoms with Crippen molar-refractivity contribution >= 4 is 17.5 Å². The number of hydrogen-bond acceptors (Lipinski definition) is 2. The molecule has 64 valence electrons. The van der Waals surface area contributed by atoms with Gasteiger partial charge in [0.05, 0.1) is 6.61 Å². The Morgan fingerprint density at radius 3 is 3.00 bits per heavy atom. The summed E-state index contributed by atoms with van der Waals surface area (Å²) in [5, 5.41) is 2.47. The Morgan fingerprint density at radius 1 is 1.73 bits per heavy atom. The quantitative estimate of drug-likeness (QED) is 0.283. The summed E-state index contributed by atoms with van der Waals surface area (Å²) >= 11 is 5.39. The molecule has 0 saturated heterocycles. The van der Waals surface area contributed by atoms with E-state index in [9.17, 15) is 4.79 Å². The van der Waals surface area contributed by atoms with Gasteiger partial charge in [-0.3, -0.25) is 4.79 Å². The Labute approximate surface area is 71.4 Å². The van der Waals surface area contributed by atoms with Crippen LogP contribution in [0.4, 0.5) is 0 Å². The van der Waals surface area contributed by atoms with Crippen molar-refractivity contribution in [1.29, 1.82) is 0 Å². The minimum Gasteiger partial charge on any atom is -0.361 e. The molecule has 0 radical (unpaired) electrons. The third kappa shape index (κ3) is 7.36. The van der Waals surface area contributed by atoms with Crippen molar-refractivity contribution in [3.63, 3.8) is 0 Å². The maximum Gasteiger partial charge on any atom is 0.245 e. The lowest BCUT2D eigenvalue weighted by molar-refractivity contribution is -0.118. The predicted molar refractivity (Wildman–Crippen MR) is 44.5 cm³/mol. The molecule has 0 unspecified atom stereocenters. The number of hydrogen-bond donors (Lipinski definition) is 1. The molecule has 0 aromatic heterocycles. The molecule has 11 heavy (non-hydrogen) atoms. The van der Waals surface area contributed by atoms with Crippen LogP contribution in [0.15, 0.2) is 12.7 Å². The summed E-state index contributed by atoms with van der Waals surface area (Å²) in [5.41, 5.74) is 0. The van der Waals surface area contributed by atoms with Gasteiger partial charge in [0, 0.05) is 5.88 Å². The van der Waals surface area contributed by atoms with Crippen LogP contribution < -0.4 is 5.32 Å². The molecule has 1 amide bonds. The fraction of sp³-hybridized carbons (Fsp3) is 0.571. The number of rotatable bonds is 6. The van der Waals surface area contributed by atoms with Crippen molar-refractivity contribution in [2.75, 3.05) is 19.2 Å². The lowest BCUT2D eigenvalue weighted by Gasteiger charge is -2.02. The first kappa shape index (κ1) is 10.5. The molecule has 0 saturated carbocycles. The van der Waals surface area contributed by atoms with E-state index < -0.39 is 0 Å². The van der Waals surface area contributed by atoms with Crippen molar-refractivity contribution in [1.82, 2.24) is 5.32 Å². The zero-order valence-corrected chi connectivity index (χ0v) is 7.06. The van der Waals surface area contributed by atoms with Crippen LogP contribution in [0.3, 0.4) is 0 Å². The smallest absolute Gasteiger partial charge is 0.245 e. The van der Waals surface area contributed by atoms with E-state index in [1.54, 1.807) is 0 Å². The van der Waals surface area contributed by atoms with Gasteiger partial charge < -0.3 is 10.1 Å². The Bertz CT molecular complexity index is 128. The molecule has 4 heteroatoms. The number of halogens is 1. The normalized spacial score (nSPS) is 9.18. The summed E-state index contributed by atoms with van der Waals surface area (Å²) in [7, 11) is 0. The Hall–Kier alpha value is -0.540. The summed E-state index contributed by atoms with van der Waals surface area (Å²) in [6.07, 6.45) is 2.00. The Balaban J connectivity index is 3.01. The molecule has 0 aromatic rings. The molecule has 0 aliphatic carbocycles. The molecule has 0 atom stereocenters. The number of ether oxygens (including phenoxy) is 1. The van der Waals surface area contributed by atoms with E-state index in [0.29, 0.717) is 12.5 Å². The monoisotopic (exact) mass is 177 g/mol.